The summed E-state index contributed by atoms with van der Waals surface area (Å²) in [7, 11) is 1.24. The van der Waals surface area contributed by atoms with Gasteiger partial charge in [-0.2, -0.15) is 0 Å². The maximum atomic E-state index is 13.1. The molecule has 1 aromatic rings. The summed E-state index contributed by atoms with van der Waals surface area (Å²) in [6.07, 6.45) is 0. The Morgan fingerprint density at radius 2 is 2.23 bits per heavy atom. The first-order valence-electron chi connectivity index (χ1n) is 3.20. The lowest BCUT2D eigenvalue weighted by atomic mass is 10.3. The molecule has 0 bridgehead atoms. The van der Waals surface area contributed by atoms with Crippen LogP contribution in [0.2, 0.25) is 0 Å². The highest BCUT2D eigenvalue weighted by Gasteiger charge is 2.14. The van der Waals surface area contributed by atoms with Crippen molar-refractivity contribution in [3.8, 4) is 5.75 Å². The van der Waals surface area contributed by atoms with E-state index in [9.17, 15) is 8.60 Å². The van der Waals surface area contributed by atoms with Crippen LogP contribution in [-0.2, 0) is 11.1 Å². The van der Waals surface area contributed by atoms with Gasteiger partial charge < -0.3 is 9.29 Å². The monoisotopic (exact) mass is 268 g/mol. The van der Waals surface area contributed by atoms with Gasteiger partial charge in [0.05, 0.1) is 7.11 Å². The van der Waals surface area contributed by atoms with Crippen LogP contribution in [0.3, 0.4) is 0 Å². The quantitative estimate of drug-likeness (QED) is 0.837. The van der Waals surface area contributed by atoms with Crippen molar-refractivity contribution in [1.29, 1.82) is 0 Å². The topological polar surface area (TPSA) is 46.5 Å². The van der Waals surface area contributed by atoms with Crippen LogP contribution in [0.1, 0.15) is 0 Å². The van der Waals surface area contributed by atoms with Crippen molar-refractivity contribution in [2.45, 2.75) is 4.90 Å². The van der Waals surface area contributed by atoms with Crippen LogP contribution in [0.25, 0.3) is 0 Å². The van der Waals surface area contributed by atoms with Gasteiger partial charge in [-0.1, -0.05) is 15.9 Å². The molecule has 0 aliphatic heterocycles. The van der Waals surface area contributed by atoms with Gasteiger partial charge in [0, 0.05) is 4.47 Å². The lowest BCUT2D eigenvalue weighted by Crippen LogP contribution is -1.97. The molecule has 1 rings (SSSR count). The van der Waals surface area contributed by atoms with Gasteiger partial charge in [0.15, 0.2) is 22.6 Å². The van der Waals surface area contributed by atoms with Crippen LogP contribution < -0.4 is 4.74 Å². The molecule has 0 spiro atoms. The lowest BCUT2D eigenvalue weighted by molar-refractivity contribution is 0.373. The van der Waals surface area contributed by atoms with E-state index in [2.05, 4.69) is 20.7 Å². The highest BCUT2D eigenvalue weighted by Crippen LogP contribution is 2.28. The van der Waals surface area contributed by atoms with Crippen molar-refractivity contribution in [2.75, 3.05) is 7.11 Å². The molecule has 0 radical (unpaired) electrons. The van der Waals surface area contributed by atoms with E-state index >= 15 is 0 Å². The van der Waals surface area contributed by atoms with Crippen molar-refractivity contribution >= 4 is 27.0 Å². The van der Waals surface area contributed by atoms with Crippen LogP contribution >= 0.6 is 15.9 Å². The highest BCUT2D eigenvalue weighted by atomic mass is 79.9. The third-order valence-corrected chi connectivity index (χ3v) is 2.50. The summed E-state index contributed by atoms with van der Waals surface area (Å²) in [5.74, 6) is -0.877. The Morgan fingerprint density at radius 3 is 2.69 bits per heavy atom. The van der Waals surface area contributed by atoms with E-state index in [1.807, 2.05) is 0 Å². The van der Waals surface area contributed by atoms with Crippen molar-refractivity contribution in [2.24, 2.45) is 0 Å². The standard InChI is InChI=1S/C7H6BrFO3S/c1-12-7-5(9)2-4(8)3-6(7)13(10)11/h2-3H,1H3,(H,10,11). The molecule has 0 heterocycles. The summed E-state index contributed by atoms with van der Waals surface area (Å²) in [5, 5.41) is 0. The molecule has 1 atom stereocenters. The summed E-state index contributed by atoms with van der Waals surface area (Å²) < 4.78 is 37.6. The number of halogens is 2. The first kappa shape index (κ1) is 10.6. The van der Waals surface area contributed by atoms with Crippen molar-refractivity contribution in [3.63, 3.8) is 0 Å². The number of rotatable bonds is 2. The Bertz CT molecular complexity index is 356. The van der Waals surface area contributed by atoms with Crippen molar-refractivity contribution in [1.82, 2.24) is 0 Å². The SMILES string of the molecule is COc1c(F)cc(Br)cc1S(=O)O. The minimum absolute atomic E-state index is 0.0885. The fraction of sp³-hybridized carbons (Fsp3) is 0.143. The normalized spacial score (nSPS) is 12.6. The molecular weight excluding hydrogens is 263 g/mol. The first-order chi connectivity index (χ1) is 6.06. The van der Waals surface area contributed by atoms with E-state index in [4.69, 9.17) is 4.55 Å². The second-order valence-corrected chi connectivity index (χ2v) is 4.02. The van der Waals surface area contributed by atoms with E-state index in [1.54, 1.807) is 0 Å². The van der Waals surface area contributed by atoms with Gasteiger partial charge in [-0.05, 0) is 12.1 Å². The largest absolute Gasteiger partial charge is 0.492 e. The molecule has 1 N–H and O–H groups in total. The predicted molar refractivity (Wildman–Crippen MR) is 49.7 cm³/mol. The zero-order valence-electron chi connectivity index (χ0n) is 6.58. The van der Waals surface area contributed by atoms with E-state index in [1.165, 1.54) is 13.2 Å². The summed E-state index contributed by atoms with van der Waals surface area (Å²) in [5.41, 5.74) is 0. The molecule has 0 aromatic heterocycles. The number of hydrogen-bond donors (Lipinski definition) is 1. The minimum atomic E-state index is -2.26. The van der Waals surface area contributed by atoms with Crippen LogP contribution in [0.4, 0.5) is 4.39 Å². The molecule has 13 heavy (non-hydrogen) atoms. The number of methoxy groups -OCH3 is 1. The predicted octanol–water partition coefficient (Wildman–Crippen LogP) is 2.18. The summed E-state index contributed by atoms with van der Waals surface area (Å²) in [6.45, 7) is 0. The number of ether oxygens (including phenoxy) is 1. The van der Waals surface area contributed by atoms with Crippen LogP contribution in [-0.4, -0.2) is 15.9 Å². The lowest BCUT2D eigenvalue weighted by Gasteiger charge is -2.06. The summed E-state index contributed by atoms with van der Waals surface area (Å²) in [6, 6.07) is 2.49. The fourth-order valence-corrected chi connectivity index (χ4v) is 2.01. The number of hydrogen-bond acceptors (Lipinski definition) is 2. The van der Waals surface area contributed by atoms with E-state index in [0.29, 0.717) is 4.47 Å². The second-order valence-electron chi connectivity index (χ2n) is 2.17. The van der Waals surface area contributed by atoms with Gasteiger partial charge in [-0.15, -0.1) is 0 Å². The van der Waals surface area contributed by atoms with Gasteiger partial charge in [-0.3, -0.25) is 0 Å². The molecule has 0 fully saturated rings. The van der Waals surface area contributed by atoms with Crippen molar-refractivity contribution < 1.29 is 17.9 Å². The van der Waals surface area contributed by atoms with Gasteiger partial charge in [0.2, 0.25) is 0 Å². The van der Waals surface area contributed by atoms with Gasteiger partial charge >= 0.3 is 0 Å². The molecule has 72 valence electrons. The Labute approximate surface area is 85.3 Å². The first-order valence-corrected chi connectivity index (χ1v) is 5.10. The Hall–Kier alpha value is -0.460. The molecular formula is C7H6BrFO3S. The van der Waals surface area contributed by atoms with Gasteiger partial charge in [-0.25, -0.2) is 8.60 Å². The Kier molecular flexibility index (Phi) is 3.40. The molecule has 1 aromatic carbocycles. The highest BCUT2D eigenvalue weighted by molar-refractivity contribution is 9.10. The summed E-state index contributed by atoms with van der Waals surface area (Å²) >= 11 is 0.748. The molecule has 3 nitrogen and oxygen atoms in total. The zero-order valence-corrected chi connectivity index (χ0v) is 8.99. The van der Waals surface area contributed by atoms with Crippen molar-refractivity contribution in [3.05, 3.63) is 22.4 Å². The molecule has 6 heteroatoms. The van der Waals surface area contributed by atoms with Gasteiger partial charge in [0.1, 0.15) is 4.90 Å². The van der Waals surface area contributed by atoms with Crippen LogP contribution in [0, 0.1) is 5.82 Å². The smallest absolute Gasteiger partial charge is 0.190 e. The maximum Gasteiger partial charge on any atom is 0.190 e. The average Bonchev–Trinajstić information content (AvgIpc) is 2.02. The van der Waals surface area contributed by atoms with Crippen LogP contribution in [0.5, 0.6) is 5.75 Å². The second kappa shape index (κ2) is 4.17. The number of benzene rings is 1. The molecule has 0 saturated heterocycles. The third-order valence-electron chi connectivity index (χ3n) is 1.37. The fourth-order valence-electron chi connectivity index (χ4n) is 0.865. The molecule has 0 aliphatic carbocycles. The van der Waals surface area contributed by atoms with Gasteiger partial charge in [0.25, 0.3) is 0 Å². The minimum Gasteiger partial charge on any atom is -0.492 e. The molecule has 1 unspecified atom stereocenters. The molecule has 0 amide bonds. The molecule has 0 aliphatic rings. The Balaban J connectivity index is 3.38. The summed E-state index contributed by atoms with van der Waals surface area (Å²) in [4.78, 5) is -0.0885. The maximum absolute atomic E-state index is 13.1. The van der Waals surface area contributed by atoms with E-state index in [0.717, 1.165) is 6.07 Å². The zero-order chi connectivity index (χ0) is 10.0. The average molecular weight is 269 g/mol. The van der Waals surface area contributed by atoms with E-state index in [-0.39, 0.29) is 10.6 Å². The van der Waals surface area contributed by atoms with Crippen LogP contribution in [0.15, 0.2) is 21.5 Å². The Morgan fingerprint density at radius 1 is 1.62 bits per heavy atom. The third kappa shape index (κ3) is 2.26. The molecule has 0 saturated carbocycles. The van der Waals surface area contributed by atoms with E-state index < -0.39 is 16.9 Å².